The maximum Gasteiger partial charge on any atom is 0.213 e. The summed E-state index contributed by atoms with van der Waals surface area (Å²) in [7, 11) is 0. The van der Waals surface area contributed by atoms with E-state index in [1.54, 1.807) is 6.08 Å². The third-order valence-electron chi connectivity index (χ3n) is 4.99. The molecule has 4 aromatic rings. The van der Waals surface area contributed by atoms with Crippen LogP contribution in [0.5, 0.6) is 0 Å². The van der Waals surface area contributed by atoms with E-state index >= 15 is 0 Å². The van der Waals surface area contributed by atoms with Gasteiger partial charge in [0.2, 0.25) is 5.16 Å². The first-order chi connectivity index (χ1) is 14.6. The molecule has 0 saturated heterocycles. The Morgan fingerprint density at radius 1 is 1.17 bits per heavy atom. The average Bonchev–Trinajstić information content (AvgIpc) is 3.32. The van der Waals surface area contributed by atoms with Crippen LogP contribution >= 0.6 is 11.8 Å². The van der Waals surface area contributed by atoms with Crippen LogP contribution in [-0.4, -0.2) is 25.7 Å². The van der Waals surface area contributed by atoms with E-state index in [9.17, 15) is 9.90 Å². The van der Waals surface area contributed by atoms with Gasteiger partial charge in [-0.2, -0.15) is 0 Å². The molecule has 1 N–H and O–H groups in total. The van der Waals surface area contributed by atoms with Crippen LogP contribution in [0.1, 0.15) is 29.6 Å². The maximum atomic E-state index is 11.9. The minimum absolute atomic E-state index is 0.0716. The summed E-state index contributed by atoms with van der Waals surface area (Å²) in [4.78, 5) is 16.2. The number of aryl methyl sites for hydroxylation is 1. The number of carboxylic acid groups (broad SMARTS) is 1. The zero-order valence-electron chi connectivity index (χ0n) is 16.8. The summed E-state index contributed by atoms with van der Waals surface area (Å²) in [5.41, 5.74) is 4.08. The summed E-state index contributed by atoms with van der Waals surface area (Å²) in [5.74, 6) is -0.534. The van der Waals surface area contributed by atoms with Gasteiger partial charge in [-0.15, -0.1) is 5.10 Å². The highest BCUT2D eigenvalue weighted by Crippen LogP contribution is 2.32. The number of carbonyl (C=O) groups is 1. The molecule has 0 fully saturated rings. The van der Waals surface area contributed by atoms with Crippen molar-refractivity contribution in [2.75, 3.05) is 0 Å². The molecule has 2 heterocycles. The number of nitrogens with one attached hydrogen (secondary N) is 1. The number of hydrogen-bond acceptors (Lipinski definition) is 5. The van der Waals surface area contributed by atoms with Gasteiger partial charge in [-0.25, -0.2) is 4.98 Å². The van der Waals surface area contributed by atoms with Crippen LogP contribution in [0.2, 0.25) is 0 Å². The minimum Gasteiger partial charge on any atom is -0.544 e. The second-order valence-corrected chi connectivity index (χ2v) is 7.91. The van der Waals surface area contributed by atoms with Crippen molar-refractivity contribution in [1.82, 2.24) is 19.7 Å². The summed E-state index contributed by atoms with van der Waals surface area (Å²) >= 11 is 0.995. The summed E-state index contributed by atoms with van der Waals surface area (Å²) in [6.45, 7) is 4.67. The number of benzene rings is 2. The van der Waals surface area contributed by atoms with Crippen molar-refractivity contribution in [3.8, 4) is 0 Å². The molecule has 152 valence electrons. The van der Waals surface area contributed by atoms with Crippen LogP contribution in [-0.2, 0) is 17.8 Å². The summed E-state index contributed by atoms with van der Waals surface area (Å²) in [6.07, 6.45) is 2.37. The van der Waals surface area contributed by atoms with Crippen LogP contribution < -0.4 is 5.11 Å². The van der Waals surface area contributed by atoms with E-state index in [1.165, 1.54) is 5.56 Å². The van der Waals surface area contributed by atoms with Gasteiger partial charge < -0.3 is 14.5 Å². The molecule has 2 aromatic carbocycles. The third kappa shape index (κ3) is 4.02. The largest absolute Gasteiger partial charge is 0.544 e. The predicted octanol–water partition coefficient (Wildman–Crippen LogP) is 3.56. The van der Waals surface area contributed by atoms with Crippen LogP contribution in [0, 0.1) is 6.92 Å². The molecule has 4 rings (SSSR count). The lowest BCUT2D eigenvalue weighted by molar-refractivity contribution is -0.297. The van der Waals surface area contributed by atoms with Crippen molar-refractivity contribution in [2.24, 2.45) is 0 Å². The molecule has 0 spiro atoms. The van der Waals surface area contributed by atoms with Gasteiger partial charge in [-0.1, -0.05) is 55.5 Å². The monoisotopic (exact) mass is 417 g/mol. The van der Waals surface area contributed by atoms with Gasteiger partial charge in [-0.3, -0.25) is 5.10 Å². The van der Waals surface area contributed by atoms with Gasteiger partial charge in [0.1, 0.15) is 5.82 Å². The van der Waals surface area contributed by atoms with Crippen molar-refractivity contribution in [3.05, 3.63) is 82.1 Å². The molecular formula is C23H21N4O2S-. The smallest absolute Gasteiger partial charge is 0.213 e. The summed E-state index contributed by atoms with van der Waals surface area (Å²) < 4.78 is 2.20. The number of fused-ring (bicyclic) bond motifs is 1. The second-order valence-electron chi connectivity index (χ2n) is 6.90. The quantitative estimate of drug-likeness (QED) is 0.367. The Bertz CT molecular complexity index is 1220. The Morgan fingerprint density at radius 3 is 2.60 bits per heavy atom. The van der Waals surface area contributed by atoms with E-state index < -0.39 is 5.97 Å². The summed E-state index contributed by atoms with van der Waals surface area (Å²) in [6, 6.07) is 18.2. The Hall–Kier alpha value is -3.32. The van der Waals surface area contributed by atoms with E-state index in [0.717, 1.165) is 33.9 Å². The first-order valence-corrected chi connectivity index (χ1v) is 10.5. The van der Waals surface area contributed by atoms with Crippen molar-refractivity contribution in [3.63, 3.8) is 0 Å². The number of H-pyrrole nitrogens is 1. The zero-order chi connectivity index (χ0) is 21.1. The molecule has 0 bridgehead atoms. The number of aromatic nitrogens is 4. The number of aliphatic carboxylic acids is 1. The fourth-order valence-corrected chi connectivity index (χ4v) is 4.15. The number of aromatic amines is 1. The van der Waals surface area contributed by atoms with Gasteiger partial charge in [0.05, 0.1) is 5.97 Å². The number of para-hydroxylation sites is 1. The van der Waals surface area contributed by atoms with E-state index in [-0.39, 0.29) is 4.91 Å². The van der Waals surface area contributed by atoms with Crippen molar-refractivity contribution >= 4 is 34.7 Å². The fourth-order valence-electron chi connectivity index (χ4n) is 3.45. The lowest BCUT2D eigenvalue weighted by atomic mass is 10.1. The standard InChI is InChI=1S/C23H22N4O2S/c1-3-21-24-23(26-25-21)30-20(22(28)29)13-18-15(2)27(14-16-9-5-4-6-10-16)19-12-8-7-11-17(18)19/h4-13H,3,14H2,1-2H3,(H,28,29)(H,24,25,26)/p-1/b20-13-. The molecule has 7 heteroatoms. The topological polar surface area (TPSA) is 86.6 Å². The Balaban J connectivity index is 1.78. The van der Waals surface area contributed by atoms with Crippen molar-refractivity contribution in [1.29, 1.82) is 0 Å². The highest BCUT2D eigenvalue weighted by molar-refractivity contribution is 8.04. The van der Waals surface area contributed by atoms with E-state index in [4.69, 9.17) is 0 Å². The average molecular weight is 418 g/mol. The molecule has 0 atom stereocenters. The molecule has 0 aliphatic rings. The molecule has 0 radical (unpaired) electrons. The van der Waals surface area contributed by atoms with Gasteiger partial charge in [0.15, 0.2) is 0 Å². The van der Waals surface area contributed by atoms with Gasteiger partial charge in [0.25, 0.3) is 0 Å². The minimum atomic E-state index is -1.25. The number of nitrogens with zero attached hydrogens (tertiary/aromatic N) is 3. The predicted molar refractivity (Wildman–Crippen MR) is 117 cm³/mol. The van der Waals surface area contributed by atoms with E-state index in [2.05, 4.69) is 37.9 Å². The molecule has 6 nitrogen and oxygen atoms in total. The molecule has 0 aliphatic carbocycles. The van der Waals surface area contributed by atoms with Gasteiger partial charge in [-0.05, 0) is 36.4 Å². The zero-order valence-corrected chi connectivity index (χ0v) is 17.6. The normalized spacial score (nSPS) is 11.9. The Morgan fingerprint density at radius 2 is 1.90 bits per heavy atom. The molecule has 30 heavy (non-hydrogen) atoms. The van der Waals surface area contributed by atoms with E-state index in [1.807, 2.05) is 50.2 Å². The maximum absolute atomic E-state index is 11.9. The molecule has 0 amide bonds. The first kappa shape index (κ1) is 20.0. The van der Waals surface area contributed by atoms with Gasteiger partial charge in [0, 0.05) is 40.0 Å². The van der Waals surface area contributed by atoms with Crippen LogP contribution in [0.3, 0.4) is 0 Å². The molecule has 0 saturated carbocycles. The number of carbonyl (C=O) groups excluding carboxylic acids is 1. The number of carboxylic acids is 1. The highest BCUT2D eigenvalue weighted by atomic mass is 32.2. The second kappa shape index (κ2) is 8.59. The van der Waals surface area contributed by atoms with E-state index in [0.29, 0.717) is 23.9 Å². The van der Waals surface area contributed by atoms with Crippen LogP contribution in [0.25, 0.3) is 17.0 Å². The Labute approximate surface area is 178 Å². The first-order valence-electron chi connectivity index (χ1n) is 9.70. The number of thioether (sulfide) groups is 1. The summed E-state index contributed by atoms with van der Waals surface area (Å²) in [5, 5.41) is 20.1. The molecule has 2 aromatic heterocycles. The highest BCUT2D eigenvalue weighted by Gasteiger charge is 2.15. The fraction of sp³-hybridized carbons (Fsp3) is 0.174. The third-order valence-corrected chi connectivity index (χ3v) is 5.86. The lowest BCUT2D eigenvalue weighted by Crippen LogP contribution is -2.23. The Kier molecular flexibility index (Phi) is 5.72. The molecular weight excluding hydrogens is 396 g/mol. The SMILES string of the molecule is CCc1nc(S/C(=C\c2c(C)n(Cc3ccccc3)c3ccccc23)C(=O)[O-])n[nH]1. The van der Waals surface area contributed by atoms with Crippen LogP contribution in [0.15, 0.2) is 64.7 Å². The number of hydrogen-bond donors (Lipinski definition) is 1. The number of rotatable bonds is 7. The van der Waals surface area contributed by atoms with Crippen LogP contribution in [0.4, 0.5) is 0 Å². The lowest BCUT2D eigenvalue weighted by Gasteiger charge is -2.09. The van der Waals surface area contributed by atoms with Gasteiger partial charge >= 0.3 is 0 Å². The molecule has 0 unspecified atom stereocenters. The van der Waals surface area contributed by atoms with Crippen molar-refractivity contribution in [2.45, 2.75) is 32.0 Å². The molecule has 0 aliphatic heterocycles. The van der Waals surface area contributed by atoms with Crippen molar-refractivity contribution < 1.29 is 9.90 Å².